The minimum absolute atomic E-state index is 0.0319. The Kier molecular flexibility index (Phi) is 7.11. The molecular weight excluding hydrogens is 432 g/mol. The summed E-state index contributed by atoms with van der Waals surface area (Å²) in [7, 11) is 0. The number of alkyl halides is 2. The molecule has 0 radical (unpaired) electrons. The fourth-order valence-electron chi connectivity index (χ4n) is 2.99. The van der Waals surface area contributed by atoms with Gasteiger partial charge < -0.3 is 9.64 Å². The number of aromatic nitrogens is 1. The number of halogens is 3. The van der Waals surface area contributed by atoms with Crippen LogP contribution in [0.2, 0.25) is 0 Å². The monoisotopic (exact) mass is 451 g/mol. The molecule has 148 valence electrons. The van der Waals surface area contributed by atoms with E-state index in [1.54, 1.807) is 29.4 Å². The molecule has 3 rings (SSSR count). The number of piperazine rings is 1. The van der Waals surface area contributed by atoms with Crippen LogP contribution in [0.1, 0.15) is 11.1 Å². The van der Waals surface area contributed by atoms with Crippen molar-refractivity contribution < 1.29 is 18.3 Å². The Morgan fingerprint density at radius 1 is 1.18 bits per heavy atom. The number of amides is 1. The molecule has 5 nitrogen and oxygen atoms in total. The third-order valence-corrected chi connectivity index (χ3v) is 4.93. The highest BCUT2D eigenvalue weighted by atomic mass is 79.9. The van der Waals surface area contributed by atoms with Gasteiger partial charge in [0.15, 0.2) is 0 Å². The van der Waals surface area contributed by atoms with Gasteiger partial charge in [0.25, 0.3) is 0 Å². The normalized spacial score (nSPS) is 15.4. The van der Waals surface area contributed by atoms with E-state index in [2.05, 4.69) is 30.6 Å². The standard InChI is InChI=1S/C20H20BrF2N3O2/c21-17-2-3-18(28-20(22)23)16(13-17)1-4-19(27)26-11-9-25(10-12-26)14-15-5-7-24-8-6-15/h1-8,13,20H,9-12,14H2/b4-1+. The number of pyridine rings is 1. The van der Waals surface area contributed by atoms with E-state index in [0.29, 0.717) is 23.1 Å². The Morgan fingerprint density at radius 3 is 2.57 bits per heavy atom. The zero-order chi connectivity index (χ0) is 19.9. The molecule has 1 saturated heterocycles. The minimum atomic E-state index is -2.92. The van der Waals surface area contributed by atoms with Crippen LogP contribution in [0.4, 0.5) is 8.78 Å². The molecule has 0 saturated carbocycles. The van der Waals surface area contributed by atoms with Crippen molar-refractivity contribution in [3.05, 3.63) is 64.4 Å². The highest BCUT2D eigenvalue weighted by Gasteiger charge is 2.19. The molecule has 0 aliphatic carbocycles. The molecular formula is C20H20BrF2N3O2. The quantitative estimate of drug-likeness (QED) is 0.626. The van der Waals surface area contributed by atoms with Crippen molar-refractivity contribution >= 4 is 27.9 Å². The number of rotatable bonds is 6. The molecule has 0 N–H and O–H groups in total. The van der Waals surface area contributed by atoms with Crippen molar-refractivity contribution in [3.63, 3.8) is 0 Å². The summed E-state index contributed by atoms with van der Waals surface area (Å²) in [5, 5.41) is 0. The predicted octanol–water partition coefficient (Wildman–Crippen LogP) is 3.80. The molecule has 0 unspecified atom stereocenters. The topological polar surface area (TPSA) is 45.7 Å². The maximum absolute atomic E-state index is 12.5. The molecule has 2 heterocycles. The largest absolute Gasteiger partial charge is 0.434 e. The van der Waals surface area contributed by atoms with E-state index in [1.807, 2.05) is 12.1 Å². The van der Waals surface area contributed by atoms with Crippen LogP contribution in [0.3, 0.4) is 0 Å². The third kappa shape index (κ3) is 5.84. The number of benzene rings is 1. The third-order valence-electron chi connectivity index (χ3n) is 4.43. The first-order valence-electron chi connectivity index (χ1n) is 8.84. The molecule has 8 heteroatoms. The van der Waals surface area contributed by atoms with Gasteiger partial charge in [-0.2, -0.15) is 8.78 Å². The predicted molar refractivity (Wildman–Crippen MR) is 106 cm³/mol. The Morgan fingerprint density at radius 2 is 1.89 bits per heavy atom. The van der Waals surface area contributed by atoms with Crippen molar-refractivity contribution in [1.29, 1.82) is 0 Å². The van der Waals surface area contributed by atoms with Crippen LogP contribution >= 0.6 is 15.9 Å². The first-order chi connectivity index (χ1) is 13.5. The van der Waals surface area contributed by atoms with Crippen LogP contribution in [0.5, 0.6) is 5.75 Å². The van der Waals surface area contributed by atoms with Crippen molar-refractivity contribution in [2.75, 3.05) is 26.2 Å². The van der Waals surface area contributed by atoms with Gasteiger partial charge in [-0.25, -0.2) is 0 Å². The summed E-state index contributed by atoms with van der Waals surface area (Å²) in [5.41, 5.74) is 1.61. The summed E-state index contributed by atoms with van der Waals surface area (Å²) in [4.78, 5) is 20.5. The molecule has 0 atom stereocenters. The molecule has 1 aliphatic rings. The maximum Gasteiger partial charge on any atom is 0.387 e. The highest BCUT2D eigenvalue weighted by Crippen LogP contribution is 2.26. The maximum atomic E-state index is 12.5. The lowest BCUT2D eigenvalue weighted by Crippen LogP contribution is -2.47. The summed E-state index contributed by atoms with van der Waals surface area (Å²) in [5.74, 6) is -0.115. The number of ether oxygens (including phenoxy) is 1. The van der Waals surface area contributed by atoms with Crippen molar-refractivity contribution in [1.82, 2.24) is 14.8 Å². The first-order valence-corrected chi connectivity index (χ1v) is 9.63. The van der Waals surface area contributed by atoms with Gasteiger partial charge in [-0.15, -0.1) is 0 Å². The molecule has 1 amide bonds. The molecule has 2 aromatic rings. The number of nitrogens with zero attached hydrogens (tertiary/aromatic N) is 3. The van der Waals surface area contributed by atoms with Crippen molar-refractivity contribution in [2.45, 2.75) is 13.2 Å². The number of carbonyl (C=O) groups is 1. The summed E-state index contributed by atoms with van der Waals surface area (Å²) in [6.07, 6.45) is 6.45. The van der Waals surface area contributed by atoms with Gasteiger partial charge in [0.05, 0.1) is 0 Å². The lowest BCUT2D eigenvalue weighted by Gasteiger charge is -2.34. The van der Waals surface area contributed by atoms with E-state index in [4.69, 9.17) is 0 Å². The first kappa shape index (κ1) is 20.4. The zero-order valence-electron chi connectivity index (χ0n) is 15.1. The smallest absolute Gasteiger partial charge is 0.387 e. The molecule has 0 spiro atoms. The summed E-state index contributed by atoms with van der Waals surface area (Å²) in [6.45, 7) is 0.696. The summed E-state index contributed by atoms with van der Waals surface area (Å²) >= 11 is 3.30. The van der Waals surface area contributed by atoms with Crippen LogP contribution in [0, 0.1) is 0 Å². The summed E-state index contributed by atoms with van der Waals surface area (Å²) in [6, 6.07) is 8.65. The molecule has 1 fully saturated rings. The van der Waals surface area contributed by atoms with Crippen LogP contribution < -0.4 is 4.74 Å². The molecule has 28 heavy (non-hydrogen) atoms. The van der Waals surface area contributed by atoms with Gasteiger partial charge in [0.2, 0.25) is 5.91 Å². The SMILES string of the molecule is O=C(/C=C/c1cc(Br)ccc1OC(F)F)N1CCN(Cc2ccncc2)CC1. The minimum Gasteiger partial charge on any atom is -0.434 e. The van der Waals surface area contributed by atoms with E-state index in [9.17, 15) is 13.6 Å². The van der Waals surface area contributed by atoms with Crippen LogP contribution in [0.25, 0.3) is 6.08 Å². The van der Waals surface area contributed by atoms with Gasteiger partial charge in [0, 0.05) is 61.2 Å². The fourth-order valence-corrected chi connectivity index (χ4v) is 3.37. The highest BCUT2D eigenvalue weighted by molar-refractivity contribution is 9.10. The second kappa shape index (κ2) is 9.75. The van der Waals surface area contributed by atoms with Gasteiger partial charge in [-0.05, 0) is 42.0 Å². The lowest BCUT2D eigenvalue weighted by molar-refractivity contribution is -0.127. The average molecular weight is 452 g/mol. The van der Waals surface area contributed by atoms with E-state index in [0.717, 1.165) is 19.6 Å². The second-order valence-corrected chi connectivity index (χ2v) is 7.27. The Labute approximate surface area is 170 Å². The number of hydrogen-bond donors (Lipinski definition) is 0. The van der Waals surface area contributed by atoms with Gasteiger partial charge >= 0.3 is 6.61 Å². The summed E-state index contributed by atoms with van der Waals surface area (Å²) < 4.78 is 30.3. The number of hydrogen-bond acceptors (Lipinski definition) is 4. The van der Waals surface area contributed by atoms with E-state index >= 15 is 0 Å². The molecule has 1 aliphatic heterocycles. The Hall–Kier alpha value is -2.32. The molecule has 1 aromatic heterocycles. The van der Waals surface area contributed by atoms with Crippen molar-refractivity contribution in [3.8, 4) is 5.75 Å². The van der Waals surface area contributed by atoms with E-state index in [-0.39, 0.29) is 11.7 Å². The lowest BCUT2D eigenvalue weighted by atomic mass is 10.2. The van der Waals surface area contributed by atoms with Gasteiger partial charge in [0.1, 0.15) is 5.75 Å². The Bertz CT molecular complexity index is 825. The van der Waals surface area contributed by atoms with E-state index < -0.39 is 6.61 Å². The van der Waals surface area contributed by atoms with Gasteiger partial charge in [-0.3, -0.25) is 14.7 Å². The van der Waals surface area contributed by atoms with Crippen LogP contribution in [-0.2, 0) is 11.3 Å². The zero-order valence-corrected chi connectivity index (χ0v) is 16.7. The van der Waals surface area contributed by atoms with Crippen LogP contribution in [0.15, 0.2) is 53.3 Å². The van der Waals surface area contributed by atoms with E-state index in [1.165, 1.54) is 23.8 Å². The fraction of sp³-hybridized carbons (Fsp3) is 0.300. The van der Waals surface area contributed by atoms with Crippen molar-refractivity contribution in [2.24, 2.45) is 0 Å². The molecule has 1 aromatic carbocycles. The van der Waals surface area contributed by atoms with Crippen LogP contribution in [-0.4, -0.2) is 53.5 Å². The van der Waals surface area contributed by atoms with Gasteiger partial charge in [-0.1, -0.05) is 15.9 Å². The average Bonchev–Trinajstić information content (AvgIpc) is 2.69. The number of carbonyl (C=O) groups excluding carboxylic acids is 1. The molecule has 0 bridgehead atoms. The Balaban J connectivity index is 1.56. The second-order valence-electron chi connectivity index (χ2n) is 6.35.